The zero-order valence-corrected chi connectivity index (χ0v) is 11.0. The molecule has 0 spiro atoms. The Morgan fingerprint density at radius 1 is 1.44 bits per heavy atom. The smallest absolute Gasteiger partial charge is 0.104 e. The van der Waals surface area contributed by atoms with Gasteiger partial charge in [-0.05, 0) is 36.1 Å². The summed E-state index contributed by atoms with van der Waals surface area (Å²) in [5, 5.41) is 10.8. The highest BCUT2D eigenvalue weighted by Gasteiger charge is 2.18. The number of ether oxygens (including phenoxy) is 1. The summed E-state index contributed by atoms with van der Waals surface area (Å²) in [6.07, 6.45) is 2.87. The van der Waals surface area contributed by atoms with Crippen LogP contribution in [-0.2, 0) is 4.74 Å². The van der Waals surface area contributed by atoms with Crippen LogP contribution in [0, 0.1) is 0 Å². The normalized spacial score (nSPS) is 17.6. The van der Waals surface area contributed by atoms with Crippen LogP contribution < -0.4 is 0 Å². The first-order chi connectivity index (χ1) is 7.68. The van der Waals surface area contributed by atoms with Crippen molar-refractivity contribution < 1.29 is 9.84 Å². The van der Waals surface area contributed by atoms with Crippen molar-refractivity contribution in [2.45, 2.75) is 18.9 Å². The second-order valence-electron chi connectivity index (χ2n) is 3.74. The van der Waals surface area contributed by atoms with Gasteiger partial charge in [-0.25, -0.2) is 0 Å². The topological polar surface area (TPSA) is 29.5 Å². The predicted octanol–water partition coefficient (Wildman–Crippen LogP) is 3.83. The van der Waals surface area contributed by atoms with Gasteiger partial charge in [0.2, 0.25) is 0 Å². The van der Waals surface area contributed by atoms with E-state index in [0.717, 1.165) is 35.1 Å². The van der Waals surface area contributed by atoms with E-state index in [9.17, 15) is 5.11 Å². The van der Waals surface area contributed by atoms with Crippen LogP contribution in [0.2, 0.25) is 5.02 Å². The van der Waals surface area contributed by atoms with Gasteiger partial charge in [-0.15, -0.1) is 0 Å². The molecule has 0 aromatic heterocycles. The molecular formula is C12H12BrClO2. The molecular weight excluding hydrogens is 291 g/mol. The molecule has 2 nitrogen and oxygen atoms in total. The number of rotatable bonds is 2. The van der Waals surface area contributed by atoms with Gasteiger partial charge in [0, 0.05) is 9.50 Å². The van der Waals surface area contributed by atoms with Crippen molar-refractivity contribution in [3.8, 4) is 0 Å². The predicted molar refractivity (Wildman–Crippen MR) is 67.4 cm³/mol. The second kappa shape index (κ2) is 5.21. The lowest BCUT2D eigenvalue weighted by Crippen LogP contribution is -2.08. The number of hydrogen-bond acceptors (Lipinski definition) is 2. The van der Waals surface area contributed by atoms with E-state index in [1.165, 1.54) is 0 Å². The number of aliphatic hydroxyl groups excluding tert-OH is 1. The number of benzene rings is 1. The summed E-state index contributed by atoms with van der Waals surface area (Å²) in [6, 6.07) is 5.38. The third-order valence-electron chi connectivity index (χ3n) is 2.57. The molecule has 0 saturated carbocycles. The van der Waals surface area contributed by atoms with E-state index in [-0.39, 0.29) is 0 Å². The van der Waals surface area contributed by atoms with Gasteiger partial charge in [-0.2, -0.15) is 0 Å². The fraction of sp³-hybridized carbons (Fsp3) is 0.333. The van der Waals surface area contributed by atoms with Crippen LogP contribution in [0.4, 0.5) is 0 Å². The number of halogens is 2. The van der Waals surface area contributed by atoms with Crippen molar-refractivity contribution in [1.82, 2.24) is 0 Å². The molecule has 2 rings (SSSR count). The molecule has 1 atom stereocenters. The minimum atomic E-state index is -0.619. The fourth-order valence-electron chi connectivity index (χ4n) is 1.71. The maximum Gasteiger partial charge on any atom is 0.104 e. The van der Waals surface area contributed by atoms with E-state index in [1.54, 1.807) is 18.4 Å². The maximum absolute atomic E-state index is 10.2. The molecule has 0 saturated heterocycles. The molecule has 1 heterocycles. The first-order valence-corrected chi connectivity index (χ1v) is 6.29. The van der Waals surface area contributed by atoms with Gasteiger partial charge in [-0.1, -0.05) is 33.6 Å². The van der Waals surface area contributed by atoms with Gasteiger partial charge in [0.25, 0.3) is 0 Å². The third kappa shape index (κ3) is 2.59. The molecule has 0 amide bonds. The average Bonchev–Trinajstić information content (AvgIpc) is 2.29. The van der Waals surface area contributed by atoms with Crippen molar-refractivity contribution in [3.63, 3.8) is 0 Å². The van der Waals surface area contributed by atoms with Gasteiger partial charge in [0.05, 0.1) is 12.9 Å². The fourth-order valence-corrected chi connectivity index (χ4v) is 2.61. The monoisotopic (exact) mass is 302 g/mol. The summed E-state index contributed by atoms with van der Waals surface area (Å²) in [7, 11) is 0. The van der Waals surface area contributed by atoms with Crippen molar-refractivity contribution in [1.29, 1.82) is 0 Å². The quantitative estimate of drug-likeness (QED) is 0.900. The summed E-state index contributed by atoms with van der Waals surface area (Å²) in [4.78, 5) is 0. The summed E-state index contributed by atoms with van der Waals surface area (Å²) in [5.41, 5.74) is 1.73. The molecule has 4 heteroatoms. The number of hydrogen-bond donors (Lipinski definition) is 1. The molecule has 0 fully saturated rings. The Bertz CT molecular complexity index is 417. The molecule has 0 radical (unpaired) electrons. The average molecular weight is 304 g/mol. The van der Waals surface area contributed by atoms with Gasteiger partial charge < -0.3 is 9.84 Å². The Labute approximate surface area is 108 Å². The zero-order chi connectivity index (χ0) is 11.5. The first kappa shape index (κ1) is 12.0. The van der Waals surface area contributed by atoms with Crippen molar-refractivity contribution in [3.05, 3.63) is 45.1 Å². The molecule has 1 unspecified atom stereocenters. The Morgan fingerprint density at radius 3 is 2.88 bits per heavy atom. The van der Waals surface area contributed by atoms with E-state index in [1.807, 2.05) is 6.07 Å². The minimum absolute atomic E-state index is 0.619. The highest BCUT2D eigenvalue weighted by atomic mass is 79.9. The Hall–Kier alpha value is -0.510. The van der Waals surface area contributed by atoms with Crippen LogP contribution in [0.3, 0.4) is 0 Å². The van der Waals surface area contributed by atoms with Crippen LogP contribution in [0.1, 0.15) is 24.5 Å². The van der Waals surface area contributed by atoms with E-state index < -0.39 is 6.10 Å². The molecule has 86 valence electrons. The molecule has 0 bridgehead atoms. The lowest BCUT2D eigenvalue weighted by molar-refractivity contribution is 0.170. The molecule has 1 aromatic carbocycles. The summed E-state index contributed by atoms with van der Waals surface area (Å²) in [6.45, 7) is 0.734. The maximum atomic E-state index is 10.2. The largest absolute Gasteiger partial charge is 0.501 e. The van der Waals surface area contributed by atoms with E-state index in [2.05, 4.69) is 15.9 Å². The molecule has 16 heavy (non-hydrogen) atoms. The zero-order valence-electron chi connectivity index (χ0n) is 8.62. The van der Waals surface area contributed by atoms with Crippen LogP contribution in [0.25, 0.3) is 0 Å². The van der Waals surface area contributed by atoms with Crippen molar-refractivity contribution >= 4 is 27.5 Å². The summed E-state index contributed by atoms with van der Waals surface area (Å²) >= 11 is 9.26. The molecule has 0 aliphatic carbocycles. The Kier molecular flexibility index (Phi) is 3.90. The highest BCUT2D eigenvalue weighted by molar-refractivity contribution is 9.10. The summed E-state index contributed by atoms with van der Waals surface area (Å²) < 4.78 is 6.04. The van der Waals surface area contributed by atoms with Gasteiger partial charge >= 0.3 is 0 Å². The SMILES string of the molecule is OC(C1=COCCC1)c1ccc(Cl)cc1Br. The van der Waals surface area contributed by atoms with Crippen LogP contribution >= 0.6 is 27.5 Å². The highest BCUT2D eigenvalue weighted by Crippen LogP contribution is 2.33. The van der Waals surface area contributed by atoms with Crippen molar-refractivity contribution in [2.24, 2.45) is 0 Å². The Balaban J connectivity index is 2.26. The van der Waals surface area contributed by atoms with Gasteiger partial charge in [-0.3, -0.25) is 0 Å². The second-order valence-corrected chi connectivity index (χ2v) is 5.03. The molecule has 1 aromatic rings. The lowest BCUT2D eigenvalue weighted by Gasteiger charge is -2.20. The Morgan fingerprint density at radius 2 is 2.25 bits per heavy atom. The van der Waals surface area contributed by atoms with Crippen molar-refractivity contribution in [2.75, 3.05) is 6.61 Å². The van der Waals surface area contributed by atoms with E-state index >= 15 is 0 Å². The lowest BCUT2D eigenvalue weighted by atomic mass is 9.98. The molecule has 1 aliphatic rings. The number of aliphatic hydroxyl groups is 1. The first-order valence-electron chi connectivity index (χ1n) is 5.12. The minimum Gasteiger partial charge on any atom is -0.501 e. The third-order valence-corrected chi connectivity index (χ3v) is 3.49. The van der Waals surface area contributed by atoms with Gasteiger partial charge in [0.1, 0.15) is 6.10 Å². The van der Waals surface area contributed by atoms with E-state index in [0.29, 0.717) is 5.02 Å². The molecule has 1 aliphatic heterocycles. The van der Waals surface area contributed by atoms with Crippen LogP contribution in [0.5, 0.6) is 0 Å². The van der Waals surface area contributed by atoms with Crippen LogP contribution in [0.15, 0.2) is 34.5 Å². The molecule has 1 N–H and O–H groups in total. The van der Waals surface area contributed by atoms with Gasteiger partial charge in [0.15, 0.2) is 0 Å². The standard InChI is InChI=1S/C12H12BrClO2/c13-11-6-9(14)3-4-10(11)12(15)8-2-1-5-16-7-8/h3-4,6-7,12,15H,1-2,5H2. The van der Waals surface area contributed by atoms with E-state index in [4.69, 9.17) is 16.3 Å². The van der Waals surface area contributed by atoms with Crippen LogP contribution in [-0.4, -0.2) is 11.7 Å². The summed E-state index contributed by atoms with van der Waals surface area (Å²) in [5.74, 6) is 0.